The Morgan fingerprint density at radius 3 is 2.18 bits per heavy atom. The molecule has 1 nitrogen and oxygen atoms in total. The number of nitrogens with zero attached hydrogens (tertiary/aromatic N) is 1. The maximum atomic E-state index is 5.17. The van der Waals surface area contributed by atoms with Crippen molar-refractivity contribution in [3.8, 4) is 11.3 Å². The lowest BCUT2D eigenvalue weighted by molar-refractivity contribution is 0.438. The maximum absolute atomic E-state index is 5.17. The van der Waals surface area contributed by atoms with Crippen molar-refractivity contribution in [2.75, 3.05) is 0 Å². The predicted molar refractivity (Wildman–Crippen MR) is 98.5 cm³/mol. The standard InChI is InChI=1S/C20H27NSi/c1-22(2,3)19-15-14-18(16-10-6-4-7-11-16)21-20(19)17-12-8-5-9-13-17/h4,6-7,10-11,14-15,17H,5,8-9,12-13H2,1-3H3. The highest BCUT2D eigenvalue weighted by Crippen LogP contribution is 2.32. The molecule has 1 aromatic carbocycles. The molecular weight excluding hydrogens is 282 g/mol. The molecular formula is C20H27NSi. The zero-order valence-electron chi connectivity index (χ0n) is 14.1. The lowest BCUT2D eigenvalue weighted by Crippen LogP contribution is -2.41. The van der Waals surface area contributed by atoms with Gasteiger partial charge < -0.3 is 0 Å². The van der Waals surface area contributed by atoms with Crippen LogP contribution in [-0.4, -0.2) is 13.1 Å². The molecule has 1 aromatic heterocycles. The first-order valence-corrected chi connectivity index (χ1v) is 12.1. The monoisotopic (exact) mass is 309 g/mol. The Labute approximate surface area is 135 Å². The van der Waals surface area contributed by atoms with Gasteiger partial charge in [-0.05, 0) is 24.1 Å². The summed E-state index contributed by atoms with van der Waals surface area (Å²) < 4.78 is 0. The molecule has 0 amide bonds. The summed E-state index contributed by atoms with van der Waals surface area (Å²) in [6.45, 7) is 7.33. The number of hydrogen-bond acceptors (Lipinski definition) is 1. The van der Waals surface area contributed by atoms with E-state index in [2.05, 4.69) is 62.1 Å². The number of aromatic nitrogens is 1. The molecule has 0 saturated heterocycles. The first-order valence-electron chi connectivity index (χ1n) is 8.62. The second kappa shape index (κ2) is 6.37. The number of benzene rings is 1. The Morgan fingerprint density at radius 1 is 0.864 bits per heavy atom. The van der Waals surface area contributed by atoms with Crippen molar-refractivity contribution in [1.29, 1.82) is 0 Å². The molecule has 1 saturated carbocycles. The fourth-order valence-electron chi connectivity index (χ4n) is 3.57. The van der Waals surface area contributed by atoms with E-state index in [1.54, 1.807) is 5.19 Å². The fraction of sp³-hybridized carbons (Fsp3) is 0.450. The zero-order chi connectivity index (χ0) is 15.6. The molecule has 0 aliphatic heterocycles. The minimum absolute atomic E-state index is 0.680. The lowest BCUT2D eigenvalue weighted by Gasteiger charge is -2.28. The average molecular weight is 310 g/mol. The van der Waals surface area contributed by atoms with Gasteiger partial charge in [-0.25, -0.2) is 0 Å². The van der Waals surface area contributed by atoms with Crippen LogP contribution in [0.4, 0.5) is 0 Å². The van der Waals surface area contributed by atoms with Crippen LogP contribution >= 0.6 is 0 Å². The van der Waals surface area contributed by atoms with Gasteiger partial charge in [0.2, 0.25) is 0 Å². The van der Waals surface area contributed by atoms with E-state index >= 15 is 0 Å². The Balaban J connectivity index is 2.06. The summed E-state index contributed by atoms with van der Waals surface area (Å²) >= 11 is 0. The summed E-state index contributed by atoms with van der Waals surface area (Å²) in [5.74, 6) is 0.680. The highest BCUT2D eigenvalue weighted by molar-refractivity contribution is 6.89. The smallest absolute Gasteiger partial charge is 0.0800 e. The second-order valence-corrected chi connectivity index (χ2v) is 12.6. The van der Waals surface area contributed by atoms with Crippen molar-refractivity contribution >= 4 is 13.3 Å². The predicted octanol–water partition coefficient (Wildman–Crippen LogP) is 5.34. The van der Waals surface area contributed by atoms with Crippen LogP contribution in [0.5, 0.6) is 0 Å². The average Bonchev–Trinajstić information content (AvgIpc) is 2.55. The van der Waals surface area contributed by atoms with Crippen LogP contribution in [0.25, 0.3) is 11.3 Å². The van der Waals surface area contributed by atoms with Gasteiger partial charge in [0.05, 0.1) is 13.8 Å². The largest absolute Gasteiger partial charge is 0.253 e. The van der Waals surface area contributed by atoms with E-state index in [9.17, 15) is 0 Å². The van der Waals surface area contributed by atoms with Gasteiger partial charge in [-0.3, -0.25) is 4.98 Å². The van der Waals surface area contributed by atoms with Gasteiger partial charge in [0, 0.05) is 17.2 Å². The molecule has 3 rings (SSSR count). The Kier molecular flexibility index (Phi) is 4.48. The molecule has 2 aromatic rings. The molecule has 2 heteroatoms. The third-order valence-corrected chi connectivity index (χ3v) is 6.83. The third-order valence-electron chi connectivity index (χ3n) is 4.79. The van der Waals surface area contributed by atoms with Crippen LogP contribution in [-0.2, 0) is 0 Å². The van der Waals surface area contributed by atoms with Crippen LogP contribution in [0.2, 0.25) is 19.6 Å². The topological polar surface area (TPSA) is 12.9 Å². The van der Waals surface area contributed by atoms with Crippen molar-refractivity contribution in [2.45, 2.75) is 57.7 Å². The summed E-state index contributed by atoms with van der Waals surface area (Å²) in [6, 6.07) is 15.2. The second-order valence-electron chi connectivity index (χ2n) is 7.58. The van der Waals surface area contributed by atoms with Crippen LogP contribution in [0.1, 0.15) is 43.7 Å². The quantitative estimate of drug-likeness (QED) is 0.697. The molecule has 1 fully saturated rings. The summed E-state index contributed by atoms with van der Waals surface area (Å²) in [7, 11) is -1.35. The van der Waals surface area contributed by atoms with E-state index in [4.69, 9.17) is 4.98 Å². The van der Waals surface area contributed by atoms with Gasteiger partial charge in [0.15, 0.2) is 0 Å². The van der Waals surface area contributed by atoms with E-state index in [0.717, 1.165) is 5.69 Å². The molecule has 0 bridgehead atoms. The molecule has 22 heavy (non-hydrogen) atoms. The lowest BCUT2D eigenvalue weighted by atomic mass is 9.86. The van der Waals surface area contributed by atoms with Crippen LogP contribution in [0, 0.1) is 0 Å². The van der Waals surface area contributed by atoms with E-state index < -0.39 is 8.07 Å². The molecule has 0 N–H and O–H groups in total. The first kappa shape index (κ1) is 15.5. The fourth-order valence-corrected chi connectivity index (χ4v) is 5.18. The van der Waals surface area contributed by atoms with Crippen molar-refractivity contribution in [2.24, 2.45) is 0 Å². The summed E-state index contributed by atoms with van der Waals surface area (Å²) in [4.78, 5) is 5.17. The summed E-state index contributed by atoms with van der Waals surface area (Å²) in [6.07, 6.45) is 6.78. The van der Waals surface area contributed by atoms with Gasteiger partial charge in [-0.15, -0.1) is 0 Å². The zero-order valence-corrected chi connectivity index (χ0v) is 15.1. The normalized spacial score (nSPS) is 16.7. The number of pyridine rings is 1. The van der Waals surface area contributed by atoms with Crippen molar-refractivity contribution in [3.63, 3.8) is 0 Å². The highest BCUT2D eigenvalue weighted by Gasteiger charge is 2.27. The number of hydrogen-bond donors (Lipinski definition) is 0. The van der Waals surface area contributed by atoms with Gasteiger partial charge in [0.25, 0.3) is 0 Å². The third kappa shape index (κ3) is 3.32. The maximum Gasteiger partial charge on any atom is 0.0800 e. The Morgan fingerprint density at radius 2 is 1.55 bits per heavy atom. The van der Waals surface area contributed by atoms with Gasteiger partial charge >= 0.3 is 0 Å². The van der Waals surface area contributed by atoms with Crippen LogP contribution in [0.15, 0.2) is 42.5 Å². The van der Waals surface area contributed by atoms with Crippen molar-refractivity contribution in [1.82, 2.24) is 4.98 Å². The van der Waals surface area contributed by atoms with Gasteiger partial charge in [-0.2, -0.15) is 0 Å². The first-order chi connectivity index (χ1) is 10.6. The number of rotatable bonds is 3. The molecule has 1 aliphatic carbocycles. The highest BCUT2D eigenvalue weighted by atomic mass is 28.3. The van der Waals surface area contributed by atoms with E-state index in [1.807, 2.05) is 0 Å². The van der Waals surface area contributed by atoms with Crippen molar-refractivity contribution < 1.29 is 0 Å². The SMILES string of the molecule is C[Si](C)(C)c1ccc(-c2ccccc2)nc1C1CCCCC1. The summed E-state index contributed by atoms with van der Waals surface area (Å²) in [5, 5.41) is 1.57. The molecule has 0 spiro atoms. The molecule has 0 atom stereocenters. The minimum Gasteiger partial charge on any atom is -0.253 e. The minimum atomic E-state index is -1.35. The molecule has 1 aliphatic rings. The van der Waals surface area contributed by atoms with Gasteiger partial charge in [-0.1, -0.05) is 75.3 Å². The Bertz CT molecular complexity index is 622. The van der Waals surface area contributed by atoms with E-state index in [1.165, 1.54) is 43.4 Å². The van der Waals surface area contributed by atoms with Crippen molar-refractivity contribution in [3.05, 3.63) is 48.2 Å². The van der Waals surface area contributed by atoms with Gasteiger partial charge in [0.1, 0.15) is 0 Å². The molecule has 0 radical (unpaired) electrons. The Hall–Kier alpha value is -1.41. The van der Waals surface area contributed by atoms with Crippen LogP contribution < -0.4 is 5.19 Å². The van der Waals surface area contributed by atoms with E-state index in [0.29, 0.717) is 5.92 Å². The molecule has 1 heterocycles. The van der Waals surface area contributed by atoms with E-state index in [-0.39, 0.29) is 0 Å². The molecule has 116 valence electrons. The van der Waals surface area contributed by atoms with Crippen LogP contribution in [0.3, 0.4) is 0 Å². The molecule has 0 unspecified atom stereocenters. The summed E-state index contributed by atoms with van der Waals surface area (Å²) in [5.41, 5.74) is 3.80.